The Bertz CT molecular complexity index is 1320. The van der Waals surface area contributed by atoms with Gasteiger partial charge in [-0.2, -0.15) is 0 Å². The summed E-state index contributed by atoms with van der Waals surface area (Å²) in [7, 11) is 0. The summed E-state index contributed by atoms with van der Waals surface area (Å²) in [6, 6.07) is 11.2. The van der Waals surface area contributed by atoms with E-state index in [9.17, 15) is 19.2 Å². The lowest BCUT2D eigenvalue weighted by Gasteiger charge is -2.29. The number of nitrogens with zero attached hydrogens (tertiary/aromatic N) is 2. The van der Waals surface area contributed by atoms with Crippen molar-refractivity contribution >= 4 is 35.0 Å². The number of allylic oxidation sites excluding steroid dienone is 1. The molecule has 4 amide bonds. The number of aryl methyl sites for hydroxylation is 4. The highest BCUT2D eigenvalue weighted by molar-refractivity contribution is 6.23. The Kier molecular flexibility index (Phi) is 5.50. The van der Waals surface area contributed by atoms with Gasteiger partial charge in [-0.1, -0.05) is 23.8 Å². The molecule has 6 nitrogen and oxygen atoms in total. The molecule has 0 saturated carbocycles. The zero-order valence-electron chi connectivity index (χ0n) is 20.8. The van der Waals surface area contributed by atoms with Crippen LogP contribution in [0.4, 0.5) is 11.4 Å². The van der Waals surface area contributed by atoms with Crippen LogP contribution in [0.15, 0.2) is 48.0 Å². The van der Waals surface area contributed by atoms with Crippen LogP contribution in [0.2, 0.25) is 0 Å². The third-order valence-corrected chi connectivity index (χ3v) is 8.12. The van der Waals surface area contributed by atoms with E-state index < -0.39 is 17.8 Å². The third kappa shape index (κ3) is 3.63. The highest BCUT2D eigenvalue weighted by Crippen LogP contribution is 2.46. The minimum absolute atomic E-state index is 0.112. The number of benzene rings is 2. The van der Waals surface area contributed by atoms with E-state index in [1.807, 2.05) is 71.0 Å². The molecule has 0 bridgehead atoms. The molecule has 0 radical (unpaired) electrons. The largest absolute Gasteiger partial charge is 0.274 e. The molecule has 4 atom stereocenters. The Morgan fingerprint density at radius 1 is 0.657 bits per heavy atom. The topological polar surface area (TPSA) is 74.8 Å². The number of imide groups is 2. The fraction of sp³-hybridized carbons (Fsp3) is 0.379. The fourth-order valence-corrected chi connectivity index (χ4v) is 5.81. The van der Waals surface area contributed by atoms with Crippen molar-refractivity contribution < 1.29 is 19.2 Å². The van der Waals surface area contributed by atoms with Crippen LogP contribution >= 0.6 is 0 Å². The Morgan fingerprint density at radius 3 is 1.77 bits per heavy atom. The van der Waals surface area contributed by atoms with Crippen LogP contribution in [0.5, 0.6) is 0 Å². The highest BCUT2D eigenvalue weighted by Gasteiger charge is 2.54. The molecule has 2 aliphatic heterocycles. The summed E-state index contributed by atoms with van der Waals surface area (Å²) in [6.07, 6.45) is 2.45. The molecule has 2 heterocycles. The normalized spacial score (nSPS) is 26.5. The number of fused-ring (bicyclic) bond motifs is 1. The van der Waals surface area contributed by atoms with Crippen LogP contribution in [0.25, 0.3) is 0 Å². The maximum atomic E-state index is 13.5. The zero-order valence-corrected chi connectivity index (χ0v) is 20.8. The number of hydrogen-bond donors (Lipinski definition) is 0. The van der Waals surface area contributed by atoms with E-state index in [1.54, 1.807) is 6.07 Å². The van der Waals surface area contributed by atoms with Crippen LogP contribution in [0.3, 0.4) is 0 Å². The van der Waals surface area contributed by atoms with Crippen LogP contribution in [-0.2, 0) is 19.2 Å². The van der Waals surface area contributed by atoms with Crippen LogP contribution in [0, 0.1) is 51.4 Å². The molecule has 5 rings (SSSR count). The second-order valence-corrected chi connectivity index (χ2v) is 10.3. The van der Waals surface area contributed by atoms with Gasteiger partial charge in [-0.3, -0.25) is 24.1 Å². The molecule has 3 aliphatic rings. The predicted molar refractivity (Wildman–Crippen MR) is 134 cm³/mol. The summed E-state index contributed by atoms with van der Waals surface area (Å²) < 4.78 is 0. The van der Waals surface area contributed by atoms with Crippen molar-refractivity contribution in [3.8, 4) is 0 Å². The van der Waals surface area contributed by atoms with Gasteiger partial charge in [-0.25, -0.2) is 4.90 Å². The quantitative estimate of drug-likeness (QED) is 0.486. The molecule has 1 aliphatic carbocycles. The SMILES string of the molecule is CC1=C[C@H]([C@@H]2CC(=O)N(c3ccc(C)c(C)c3)C2=O)C[C@H]2C(=O)N(c3ccc(C)c(C)c3)C(=O)[C@H]12. The molecule has 0 N–H and O–H groups in total. The van der Waals surface area contributed by atoms with Gasteiger partial charge in [0.15, 0.2) is 0 Å². The molecule has 2 aromatic rings. The second kappa shape index (κ2) is 8.29. The number of carbonyl (C=O) groups excluding carboxylic acids is 4. The predicted octanol–water partition coefficient (Wildman–Crippen LogP) is 4.57. The van der Waals surface area contributed by atoms with Gasteiger partial charge in [0.2, 0.25) is 23.6 Å². The van der Waals surface area contributed by atoms with Crippen LogP contribution in [0.1, 0.15) is 42.0 Å². The van der Waals surface area contributed by atoms with Gasteiger partial charge in [0.1, 0.15) is 0 Å². The van der Waals surface area contributed by atoms with Gasteiger partial charge in [-0.15, -0.1) is 0 Å². The van der Waals surface area contributed by atoms with E-state index >= 15 is 0 Å². The van der Waals surface area contributed by atoms with Crippen molar-refractivity contribution in [3.05, 3.63) is 70.3 Å². The third-order valence-electron chi connectivity index (χ3n) is 8.12. The number of amides is 4. The minimum Gasteiger partial charge on any atom is -0.274 e. The highest BCUT2D eigenvalue weighted by atomic mass is 16.2. The molecular weight excluding hydrogens is 440 g/mol. The Morgan fingerprint density at radius 2 is 1.20 bits per heavy atom. The summed E-state index contributed by atoms with van der Waals surface area (Å²) in [6.45, 7) is 9.76. The monoisotopic (exact) mass is 470 g/mol. The number of anilines is 2. The first kappa shape index (κ1) is 23.2. The van der Waals surface area contributed by atoms with Gasteiger partial charge in [-0.05, 0) is 93.5 Å². The first-order valence-corrected chi connectivity index (χ1v) is 12.2. The average Bonchev–Trinajstić information content (AvgIpc) is 3.24. The molecule has 0 aromatic heterocycles. The molecular formula is C29H30N2O4. The summed E-state index contributed by atoms with van der Waals surface area (Å²) in [4.78, 5) is 55.7. The zero-order chi connectivity index (χ0) is 25.2. The first-order valence-electron chi connectivity index (χ1n) is 12.2. The Hall–Kier alpha value is -3.54. The van der Waals surface area contributed by atoms with Gasteiger partial charge in [0, 0.05) is 6.42 Å². The van der Waals surface area contributed by atoms with Crippen molar-refractivity contribution in [2.45, 2.75) is 47.5 Å². The van der Waals surface area contributed by atoms with Gasteiger partial charge >= 0.3 is 0 Å². The number of rotatable bonds is 3. The molecule has 2 fully saturated rings. The van der Waals surface area contributed by atoms with E-state index in [1.165, 1.54) is 9.80 Å². The summed E-state index contributed by atoms with van der Waals surface area (Å²) in [5.41, 5.74) is 6.22. The van der Waals surface area contributed by atoms with Gasteiger partial charge < -0.3 is 0 Å². The van der Waals surface area contributed by atoms with Gasteiger partial charge in [0.25, 0.3) is 0 Å². The van der Waals surface area contributed by atoms with E-state index in [2.05, 4.69) is 0 Å². The first-order chi connectivity index (χ1) is 16.6. The lowest BCUT2D eigenvalue weighted by atomic mass is 9.71. The fourth-order valence-electron chi connectivity index (χ4n) is 5.81. The maximum absolute atomic E-state index is 13.5. The minimum atomic E-state index is -0.529. The van der Waals surface area contributed by atoms with E-state index in [0.717, 1.165) is 27.8 Å². The summed E-state index contributed by atoms with van der Waals surface area (Å²) in [5, 5.41) is 0. The van der Waals surface area contributed by atoms with Crippen molar-refractivity contribution in [1.29, 1.82) is 0 Å². The second-order valence-electron chi connectivity index (χ2n) is 10.3. The Labute approximate surface area is 205 Å². The van der Waals surface area contributed by atoms with Crippen molar-refractivity contribution in [3.63, 3.8) is 0 Å². The smallest absolute Gasteiger partial charge is 0.241 e. The van der Waals surface area contributed by atoms with Crippen molar-refractivity contribution in [2.24, 2.45) is 23.7 Å². The van der Waals surface area contributed by atoms with Crippen LogP contribution < -0.4 is 9.80 Å². The lowest BCUT2D eigenvalue weighted by Crippen LogP contribution is -2.35. The molecule has 0 unspecified atom stereocenters. The number of carbonyl (C=O) groups is 4. The molecule has 6 heteroatoms. The molecule has 2 aromatic carbocycles. The lowest BCUT2D eigenvalue weighted by molar-refractivity contribution is -0.125. The average molecular weight is 471 g/mol. The molecule has 2 saturated heterocycles. The molecule has 180 valence electrons. The van der Waals surface area contributed by atoms with Gasteiger partial charge in [0.05, 0.1) is 29.1 Å². The van der Waals surface area contributed by atoms with Crippen LogP contribution in [-0.4, -0.2) is 23.6 Å². The number of hydrogen-bond acceptors (Lipinski definition) is 4. The van der Waals surface area contributed by atoms with Crippen molar-refractivity contribution in [2.75, 3.05) is 9.80 Å². The standard InChI is InChI=1S/C29H30N2O4/c1-15-6-8-21(11-17(15)3)30-25(32)14-23(27(30)33)20-10-19(5)26-24(13-20)28(34)31(29(26)35)22-9-7-16(2)18(4)12-22/h6-12,20,23-24,26H,13-14H2,1-5H3/t20-,23-,24+,26+/m0/s1. The molecule has 35 heavy (non-hydrogen) atoms. The maximum Gasteiger partial charge on any atom is 0.241 e. The van der Waals surface area contributed by atoms with E-state index in [-0.39, 0.29) is 36.0 Å². The van der Waals surface area contributed by atoms with Crippen molar-refractivity contribution in [1.82, 2.24) is 0 Å². The summed E-state index contributed by atoms with van der Waals surface area (Å²) in [5.74, 6) is -2.69. The summed E-state index contributed by atoms with van der Waals surface area (Å²) >= 11 is 0. The molecule has 0 spiro atoms. The van der Waals surface area contributed by atoms with E-state index in [4.69, 9.17) is 0 Å². The Balaban J connectivity index is 1.42. The van der Waals surface area contributed by atoms with E-state index in [0.29, 0.717) is 17.8 Å².